The highest BCUT2D eigenvalue weighted by molar-refractivity contribution is 6.30. The molecule has 0 aromatic heterocycles. The summed E-state index contributed by atoms with van der Waals surface area (Å²) < 4.78 is 0. The number of anilines is 1. The average Bonchev–Trinajstić information content (AvgIpc) is 2.60. The molecule has 0 heterocycles. The first-order valence-corrected chi connectivity index (χ1v) is 8.26. The summed E-state index contributed by atoms with van der Waals surface area (Å²) >= 11 is 5.80. The van der Waals surface area contributed by atoms with E-state index in [1.807, 2.05) is 38.1 Å². The smallest absolute Gasteiger partial charge is 0.271 e. The van der Waals surface area contributed by atoms with Crippen molar-refractivity contribution in [2.45, 2.75) is 20.8 Å². The van der Waals surface area contributed by atoms with Gasteiger partial charge in [-0.1, -0.05) is 37.6 Å². The van der Waals surface area contributed by atoms with Crippen LogP contribution in [0, 0.1) is 5.92 Å². The van der Waals surface area contributed by atoms with Crippen LogP contribution < -0.4 is 10.7 Å². The summed E-state index contributed by atoms with van der Waals surface area (Å²) in [5.74, 6) is -0.472. The Bertz CT molecular complexity index is 799. The molecule has 0 saturated carbocycles. The zero-order valence-electron chi connectivity index (χ0n) is 14.3. The Labute approximate surface area is 152 Å². The zero-order valence-corrected chi connectivity index (χ0v) is 15.1. The van der Waals surface area contributed by atoms with Crippen molar-refractivity contribution in [2.24, 2.45) is 11.0 Å². The molecule has 0 radical (unpaired) electrons. The standard InChI is InChI=1S/C19H20ClN3O2/c1-12(2)18(24)21-17-6-4-5-15(11-17)13(3)22-23-19(25)14-7-9-16(20)10-8-14/h4-12H,1-3H3,(H,21,24)(H,23,25)/b22-13-. The average molecular weight is 358 g/mol. The number of hydrazone groups is 1. The molecule has 0 fully saturated rings. The highest BCUT2D eigenvalue weighted by Gasteiger charge is 2.08. The number of rotatable bonds is 5. The van der Waals surface area contributed by atoms with Gasteiger partial charge in [0.25, 0.3) is 5.91 Å². The molecule has 6 heteroatoms. The van der Waals surface area contributed by atoms with Crippen LogP contribution in [0.2, 0.25) is 5.02 Å². The maximum Gasteiger partial charge on any atom is 0.271 e. The van der Waals surface area contributed by atoms with Gasteiger partial charge in [-0.25, -0.2) is 5.43 Å². The van der Waals surface area contributed by atoms with Gasteiger partial charge in [0.15, 0.2) is 0 Å². The van der Waals surface area contributed by atoms with Crippen LogP contribution in [0.1, 0.15) is 36.7 Å². The van der Waals surface area contributed by atoms with Gasteiger partial charge in [-0.15, -0.1) is 0 Å². The predicted molar refractivity (Wildman–Crippen MR) is 101 cm³/mol. The highest BCUT2D eigenvalue weighted by Crippen LogP contribution is 2.13. The molecule has 2 N–H and O–H groups in total. The van der Waals surface area contributed by atoms with Crippen LogP contribution in [0.15, 0.2) is 53.6 Å². The zero-order chi connectivity index (χ0) is 18.4. The third-order valence-electron chi connectivity index (χ3n) is 3.50. The van der Waals surface area contributed by atoms with Gasteiger partial charge in [-0.05, 0) is 48.9 Å². The van der Waals surface area contributed by atoms with E-state index in [1.54, 1.807) is 31.2 Å². The summed E-state index contributed by atoms with van der Waals surface area (Å²) in [5, 5.41) is 7.52. The van der Waals surface area contributed by atoms with E-state index in [-0.39, 0.29) is 17.7 Å². The molecule has 25 heavy (non-hydrogen) atoms. The molecular weight excluding hydrogens is 338 g/mol. The number of nitrogens with zero attached hydrogens (tertiary/aromatic N) is 1. The van der Waals surface area contributed by atoms with E-state index in [1.165, 1.54) is 0 Å². The van der Waals surface area contributed by atoms with E-state index >= 15 is 0 Å². The van der Waals surface area contributed by atoms with Crippen LogP contribution >= 0.6 is 11.6 Å². The van der Waals surface area contributed by atoms with Gasteiger partial charge in [0.05, 0.1) is 5.71 Å². The van der Waals surface area contributed by atoms with Crippen LogP contribution in [-0.2, 0) is 4.79 Å². The van der Waals surface area contributed by atoms with Gasteiger partial charge in [-0.2, -0.15) is 5.10 Å². The van der Waals surface area contributed by atoms with E-state index in [0.717, 1.165) is 5.56 Å². The predicted octanol–water partition coefficient (Wildman–Crippen LogP) is 4.09. The molecule has 0 aliphatic rings. The fraction of sp³-hybridized carbons (Fsp3) is 0.211. The minimum absolute atomic E-state index is 0.0530. The summed E-state index contributed by atoms with van der Waals surface area (Å²) in [6, 6.07) is 13.9. The van der Waals surface area contributed by atoms with Crippen molar-refractivity contribution in [1.29, 1.82) is 0 Å². The van der Waals surface area contributed by atoms with E-state index in [0.29, 0.717) is 22.0 Å². The number of benzene rings is 2. The lowest BCUT2D eigenvalue weighted by Gasteiger charge is -2.09. The van der Waals surface area contributed by atoms with Gasteiger partial charge in [0, 0.05) is 22.2 Å². The third kappa shape index (κ3) is 5.43. The Morgan fingerprint density at radius 2 is 1.72 bits per heavy atom. The lowest BCUT2D eigenvalue weighted by atomic mass is 10.1. The molecule has 2 rings (SSSR count). The van der Waals surface area contributed by atoms with Gasteiger partial charge < -0.3 is 5.32 Å². The van der Waals surface area contributed by atoms with Gasteiger partial charge in [-0.3, -0.25) is 9.59 Å². The Morgan fingerprint density at radius 1 is 1.04 bits per heavy atom. The molecule has 130 valence electrons. The largest absolute Gasteiger partial charge is 0.326 e. The normalized spacial score (nSPS) is 11.3. The summed E-state index contributed by atoms with van der Waals surface area (Å²) in [7, 11) is 0. The Kier molecular flexibility index (Phi) is 6.31. The summed E-state index contributed by atoms with van der Waals surface area (Å²) in [4.78, 5) is 23.8. The number of hydrogen-bond acceptors (Lipinski definition) is 3. The fourth-order valence-electron chi connectivity index (χ4n) is 1.97. The number of hydrogen-bond donors (Lipinski definition) is 2. The monoisotopic (exact) mass is 357 g/mol. The van der Waals surface area contributed by atoms with Crippen molar-refractivity contribution in [3.05, 3.63) is 64.7 Å². The van der Waals surface area contributed by atoms with Gasteiger partial charge in [0.2, 0.25) is 5.91 Å². The molecule has 0 saturated heterocycles. The van der Waals surface area contributed by atoms with Crippen LogP contribution in [0.3, 0.4) is 0 Å². The van der Waals surface area contributed by atoms with E-state index < -0.39 is 0 Å². The van der Waals surface area contributed by atoms with Crippen molar-refractivity contribution in [2.75, 3.05) is 5.32 Å². The SMILES string of the molecule is C/C(=N/NC(=O)c1ccc(Cl)cc1)c1cccc(NC(=O)C(C)C)c1. The highest BCUT2D eigenvalue weighted by atomic mass is 35.5. The molecule has 2 aromatic rings. The van der Waals surface area contributed by atoms with Crippen LogP contribution in [-0.4, -0.2) is 17.5 Å². The summed E-state index contributed by atoms with van der Waals surface area (Å²) in [6.45, 7) is 5.45. The van der Waals surface area contributed by atoms with Crippen LogP contribution in [0.4, 0.5) is 5.69 Å². The Balaban J connectivity index is 2.07. The van der Waals surface area contributed by atoms with Crippen molar-refractivity contribution in [3.63, 3.8) is 0 Å². The number of amides is 2. The maximum absolute atomic E-state index is 12.1. The molecule has 0 aliphatic heterocycles. The fourth-order valence-corrected chi connectivity index (χ4v) is 2.10. The van der Waals surface area contributed by atoms with Gasteiger partial charge in [0.1, 0.15) is 0 Å². The first-order valence-electron chi connectivity index (χ1n) is 7.88. The number of nitrogens with one attached hydrogen (secondary N) is 2. The molecular formula is C19H20ClN3O2. The lowest BCUT2D eigenvalue weighted by Crippen LogP contribution is -2.19. The Hall–Kier alpha value is -2.66. The summed E-state index contributed by atoms with van der Waals surface area (Å²) in [6.07, 6.45) is 0. The van der Waals surface area contributed by atoms with E-state index in [2.05, 4.69) is 15.8 Å². The van der Waals surface area contributed by atoms with Crippen molar-refractivity contribution in [3.8, 4) is 0 Å². The minimum atomic E-state index is -0.319. The number of carbonyl (C=O) groups is 2. The maximum atomic E-state index is 12.1. The molecule has 0 bridgehead atoms. The molecule has 2 amide bonds. The number of carbonyl (C=O) groups excluding carboxylic acids is 2. The van der Waals surface area contributed by atoms with Crippen molar-refractivity contribution >= 4 is 34.8 Å². The van der Waals surface area contributed by atoms with Crippen LogP contribution in [0.5, 0.6) is 0 Å². The summed E-state index contributed by atoms with van der Waals surface area (Å²) in [5.41, 5.74) is 5.11. The molecule has 2 aromatic carbocycles. The minimum Gasteiger partial charge on any atom is -0.326 e. The molecule has 0 atom stereocenters. The molecule has 0 unspecified atom stereocenters. The molecule has 0 aliphatic carbocycles. The van der Waals surface area contributed by atoms with Crippen LogP contribution in [0.25, 0.3) is 0 Å². The second kappa shape index (κ2) is 8.44. The molecule has 5 nitrogen and oxygen atoms in total. The lowest BCUT2D eigenvalue weighted by molar-refractivity contribution is -0.118. The van der Waals surface area contributed by atoms with Crippen molar-refractivity contribution in [1.82, 2.24) is 5.43 Å². The quantitative estimate of drug-likeness (QED) is 0.625. The van der Waals surface area contributed by atoms with Crippen molar-refractivity contribution < 1.29 is 9.59 Å². The topological polar surface area (TPSA) is 70.6 Å². The second-order valence-corrected chi connectivity index (χ2v) is 6.31. The van der Waals surface area contributed by atoms with Gasteiger partial charge >= 0.3 is 0 Å². The van der Waals surface area contributed by atoms with E-state index in [4.69, 9.17) is 11.6 Å². The van der Waals surface area contributed by atoms with E-state index in [9.17, 15) is 9.59 Å². The third-order valence-corrected chi connectivity index (χ3v) is 3.76. The molecule has 0 spiro atoms. The second-order valence-electron chi connectivity index (χ2n) is 5.87. The first kappa shape index (κ1) is 18.7. The first-order chi connectivity index (χ1) is 11.9. The Morgan fingerprint density at radius 3 is 2.36 bits per heavy atom. The number of halogens is 1.